The average Bonchev–Trinajstić information content (AvgIpc) is 2.69. The zero-order valence-electron chi connectivity index (χ0n) is 14.3. The van der Waals surface area contributed by atoms with E-state index < -0.39 is 0 Å². The second-order valence-electron chi connectivity index (χ2n) is 5.89. The molecule has 0 atom stereocenters. The molecule has 0 aliphatic rings. The van der Waals surface area contributed by atoms with Gasteiger partial charge < -0.3 is 9.47 Å². The molecule has 0 fully saturated rings. The average molecular weight is 338 g/mol. The molecule has 0 radical (unpaired) electrons. The van der Waals surface area contributed by atoms with Gasteiger partial charge in [-0.3, -0.25) is 0 Å². The van der Waals surface area contributed by atoms with Crippen LogP contribution in [0.2, 0.25) is 0 Å². The van der Waals surface area contributed by atoms with E-state index in [0.29, 0.717) is 0 Å². The zero-order valence-corrected chi connectivity index (χ0v) is 14.3. The molecule has 4 aromatic rings. The molecule has 4 rings (SSSR count). The van der Waals surface area contributed by atoms with E-state index in [1.807, 2.05) is 36.4 Å². The Bertz CT molecular complexity index is 1030. The van der Waals surface area contributed by atoms with E-state index in [-0.39, 0.29) is 0 Å². The maximum Gasteiger partial charge on any atom is 0.135 e. The number of hydrogen-bond donors (Lipinski definition) is 0. The smallest absolute Gasteiger partial charge is 0.135 e. The van der Waals surface area contributed by atoms with E-state index in [9.17, 15) is 0 Å². The highest BCUT2D eigenvalue weighted by atomic mass is 16.5. The number of rotatable bonds is 5. The lowest BCUT2D eigenvalue weighted by atomic mass is 9.92. The van der Waals surface area contributed by atoms with Gasteiger partial charge in [0.25, 0.3) is 0 Å². The van der Waals surface area contributed by atoms with Gasteiger partial charge in [-0.1, -0.05) is 73.8 Å². The Hall–Kier alpha value is -3.52. The van der Waals surface area contributed by atoms with E-state index in [1.54, 1.807) is 0 Å². The first-order valence-electron chi connectivity index (χ1n) is 8.42. The number of benzene rings is 4. The van der Waals surface area contributed by atoms with Gasteiger partial charge in [0.2, 0.25) is 0 Å². The quantitative estimate of drug-likeness (QED) is 0.377. The van der Waals surface area contributed by atoms with Gasteiger partial charge in [0.1, 0.15) is 11.5 Å². The van der Waals surface area contributed by atoms with Crippen LogP contribution in [-0.4, -0.2) is 0 Å². The summed E-state index contributed by atoms with van der Waals surface area (Å²) >= 11 is 0. The van der Waals surface area contributed by atoms with Crippen molar-refractivity contribution in [2.24, 2.45) is 0 Å². The molecule has 0 unspecified atom stereocenters. The summed E-state index contributed by atoms with van der Waals surface area (Å²) in [6.07, 6.45) is 2.90. The van der Waals surface area contributed by atoms with Crippen molar-refractivity contribution in [1.82, 2.24) is 0 Å². The first kappa shape index (κ1) is 16.0. The standard InChI is InChI=1S/C24H18O2/c1-3-25-21-15-13-17-9-5-7-11-19(17)23(21)24-20-12-8-6-10-18(20)14-16-22(24)26-4-2/h3-16H,1-2H2. The second kappa shape index (κ2) is 6.77. The molecular formula is C24H18O2. The summed E-state index contributed by atoms with van der Waals surface area (Å²) < 4.78 is 11.5. The summed E-state index contributed by atoms with van der Waals surface area (Å²) in [5.74, 6) is 1.48. The third-order valence-corrected chi connectivity index (χ3v) is 4.45. The third-order valence-electron chi connectivity index (χ3n) is 4.45. The van der Waals surface area contributed by atoms with Crippen LogP contribution in [0.15, 0.2) is 98.5 Å². The summed E-state index contributed by atoms with van der Waals surface area (Å²) in [5, 5.41) is 4.46. The molecule has 0 heterocycles. The van der Waals surface area contributed by atoms with Crippen molar-refractivity contribution in [2.45, 2.75) is 0 Å². The lowest BCUT2D eigenvalue weighted by Crippen LogP contribution is -1.93. The fraction of sp³-hybridized carbons (Fsp3) is 0. The maximum absolute atomic E-state index is 5.76. The molecule has 0 amide bonds. The monoisotopic (exact) mass is 338 g/mol. The summed E-state index contributed by atoms with van der Waals surface area (Å²) in [6.45, 7) is 7.44. The van der Waals surface area contributed by atoms with E-state index in [2.05, 4.69) is 49.6 Å². The van der Waals surface area contributed by atoms with Crippen molar-refractivity contribution in [2.75, 3.05) is 0 Å². The van der Waals surface area contributed by atoms with Gasteiger partial charge in [-0.15, -0.1) is 0 Å². The van der Waals surface area contributed by atoms with Crippen molar-refractivity contribution in [3.63, 3.8) is 0 Å². The predicted molar refractivity (Wildman–Crippen MR) is 109 cm³/mol. The molecule has 0 aliphatic heterocycles. The van der Waals surface area contributed by atoms with Crippen LogP contribution in [0, 0.1) is 0 Å². The van der Waals surface area contributed by atoms with Gasteiger partial charge in [-0.25, -0.2) is 0 Å². The highest BCUT2D eigenvalue weighted by Gasteiger charge is 2.18. The molecular weight excluding hydrogens is 320 g/mol. The highest BCUT2D eigenvalue weighted by molar-refractivity contribution is 6.09. The molecule has 0 aromatic heterocycles. The summed E-state index contributed by atoms with van der Waals surface area (Å²) in [4.78, 5) is 0. The van der Waals surface area contributed by atoms with Gasteiger partial charge >= 0.3 is 0 Å². The van der Waals surface area contributed by atoms with Crippen LogP contribution < -0.4 is 9.47 Å². The van der Waals surface area contributed by atoms with Crippen LogP contribution in [0.5, 0.6) is 11.5 Å². The Labute approximate surface area is 152 Å². The van der Waals surface area contributed by atoms with E-state index in [4.69, 9.17) is 9.47 Å². The minimum atomic E-state index is 0.740. The Balaban J connectivity index is 2.18. The molecule has 2 heteroatoms. The molecule has 126 valence electrons. The minimum absolute atomic E-state index is 0.740. The van der Waals surface area contributed by atoms with Crippen LogP contribution in [-0.2, 0) is 0 Å². The van der Waals surface area contributed by atoms with Crippen molar-refractivity contribution in [1.29, 1.82) is 0 Å². The topological polar surface area (TPSA) is 18.5 Å². The predicted octanol–water partition coefficient (Wildman–Crippen LogP) is 6.70. The molecule has 4 aromatic carbocycles. The van der Waals surface area contributed by atoms with Gasteiger partial charge in [0.05, 0.1) is 12.5 Å². The van der Waals surface area contributed by atoms with Crippen LogP contribution in [0.25, 0.3) is 32.7 Å². The normalized spacial score (nSPS) is 10.6. The lowest BCUT2D eigenvalue weighted by Gasteiger charge is -2.17. The summed E-state index contributed by atoms with van der Waals surface area (Å²) in [5.41, 5.74) is 1.97. The van der Waals surface area contributed by atoms with Gasteiger partial charge in [-0.05, 0) is 33.7 Å². The SMILES string of the molecule is C=COc1ccc2ccccc2c1-c1c(OC=C)ccc2ccccc12. The van der Waals surface area contributed by atoms with E-state index >= 15 is 0 Å². The van der Waals surface area contributed by atoms with Crippen molar-refractivity contribution < 1.29 is 9.47 Å². The van der Waals surface area contributed by atoms with Crippen LogP contribution >= 0.6 is 0 Å². The first-order chi connectivity index (χ1) is 12.8. The molecule has 26 heavy (non-hydrogen) atoms. The van der Waals surface area contributed by atoms with E-state index in [1.165, 1.54) is 12.5 Å². The molecule has 0 spiro atoms. The van der Waals surface area contributed by atoms with Gasteiger partial charge in [0.15, 0.2) is 0 Å². The van der Waals surface area contributed by atoms with E-state index in [0.717, 1.165) is 44.2 Å². The first-order valence-corrected chi connectivity index (χ1v) is 8.42. The number of hydrogen-bond acceptors (Lipinski definition) is 2. The molecule has 2 nitrogen and oxygen atoms in total. The van der Waals surface area contributed by atoms with Crippen LogP contribution in [0.1, 0.15) is 0 Å². The van der Waals surface area contributed by atoms with Crippen LogP contribution in [0.4, 0.5) is 0 Å². The fourth-order valence-corrected chi connectivity index (χ4v) is 3.39. The Morgan fingerprint density at radius 1 is 0.538 bits per heavy atom. The second-order valence-corrected chi connectivity index (χ2v) is 5.89. The van der Waals surface area contributed by atoms with Crippen molar-refractivity contribution >= 4 is 21.5 Å². The Kier molecular flexibility index (Phi) is 4.16. The van der Waals surface area contributed by atoms with Crippen molar-refractivity contribution in [3.05, 3.63) is 98.5 Å². The van der Waals surface area contributed by atoms with Gasteiger partial charge in [-0.2, -0.15) is 0 Å². The molecule has 0 saturated carbocycles. The molecule has 0 N–H and O–H groups in total. The minimum Gasteiger partial charge on any atom is -0.465 e. The fourth-order valence-electron chi connectivity index (χ4n) is 3.39. The zero-order chi connectivity index (χ0) is 17.9. The number of fused-ring (bicyclic) bond motifs is 2. The van der Waals surface area contributed by atoms with Crippen molar-refractivity contribution in [3.8, 4) is 22.6 Å². The number of ether oxygens (including phenoxy) is 2. The Morgan fingerprint density at radius 3 is 1.38 bits per heavy atom. The largest absolute Gasteiger partial charge is 0.465 e. The molecule has 0 aliphatic carbocycles. The lowest BCUT2D eigenvalue weighted by molar-refractivity contribution is 0.479. The summed E-state index contributed by atoms with van der Waals surface area (Å²) in [7, 11) is 0. The molecule has 0 bridgehead atoms. The Morgan fingerprint density at radius 2 is 0.962 bits per heavy atom. The third kappa shape index (κ3) is 2.62. The summed E-state index contributed by atoms with van der Waals surface area (Å²) in [6, 6.07) is 24.6. The van der Waals surface area contributed by atoms with Crippen LogP contribution in [0.3, 0.4) is 0 Å². The maximum atomic E-state index is 5.76. The van der Waals surface area contributed by atoms with Gasteiger partial charge in [0, 0.05) is 11.1 Å². The molecule has 0 saturated heterocycles. The highest BCUT2D eigenvalue weighted by Crippen LogP contribution is 2.45.